The lowest BCUT2D eigenvalue weighted by molar-refractivity contribution is 0.0880. The van der Waals surface area contributed by atoms with Gasteiger partial charge >= 0.3 is 0 Å². The predicted molar refractivity (Wildman–Crippen MR) is 79.5 cm³/mol. The lowest BCUT2D eigenvalue weighted by Crippen LogP contribution is -2.44. The Kier molecular flexibility index (Phi) is 5.74. The number of carbonyl (C=O) groups is 1. The second-order valence-corrected chi connectivity index (χ2v) is 6.78. The van der Waals surface area contributed by atoms with Gasteiger partial charge in [0.2, 0.25) is 0 Å². The Morgan fingerprint density at radius 1 is 1.45 bits per heavy atom. The van der Waals surface area contributed by atoms with Gasteiger partial charge in [-0.05, 0) is 30.2 Å². The van der Waals surface area contributed by atoms with Crippen LogP contribution in [-0.2, 0) is 6.42 Å². The van der Waals surface area contributed by atoms with Crippen LogP contribution >= 0.6 is 0 Å². The van der Waals surface area contributed by atoms with Crippen LogP contribution in [0.5, 0.6) is 0 Å². The molecule has 0 aliphatic heterocycles. The number of aromatic amines is 1. The highest BCUT2D eigenvalue weighted by Gasteiger charge is 2.26. The average molecular weight is 281 g/mol. The largest absolute Gasteiger partial charge is 0.396 e. The van der Waals surface area contributed by atoms with Crippen molar-refractivity contribution in [2.24, 2.45) is 11.3 Å². The van der Waals surface area contributed by atoms with E-state index in [0.29, 0.717) is 18.0 Å². The van der Waals surface area contributed by atoms with Crippen molar-refractivity contribution in [2.45, 2.75) is 53.5 Å². The summed E-state index contributed by atoms with van der Waals surface area (Å²) in [4.78, 5) is 12.2. The van der Waals surface area contributed by atoms with Gasteiger partial charge in [0.15, 0.2) is 0 Å². The number of H-pyrrole nitrogens is 1. The molecule has 1 unspecified atom stereocenters. The van der Waals surface area contributed by atoms with Crippen LogP contribution in [0.15, 0.2) is 6.07 Å². The van der Waals surface area contributed by atoms with E-state index in [4.69, 9.17) is 5.11 Å². The molecule has 0 aromatic carbocycles. The molecule has 1 amide bonds. The quantitative estimate of drug-likeness (QED) is 0.747. The van der Waals surface area contributed by atoms with Crippen molar-refractivity contribution in [3.63, 3.8) is 0 Å². The highest BCUT2D eigenvalue weighted by Crippen LogP contribution is 2.22. The first-order valence-electron chi connectivity index (χ1n) is 7.20. The lowest BCUT2D eigenvalue weighted by atomic mass is 9.85. The van der Waals surface area contributed by atoms with Gasteiger partial charge in [0.1, 0.15) is 5.69 Å². The molecule has 1 rings (SSSR count). The van der Waals surface area contributed by atoms with Crippen molar-refractivity contribution in [1.82, 2.24) is 15.5 Å². The number of nitrogens with zero attached hydrogens (tertiary/aromatic N) is 1. The first-order chi connectivity index (χ1) is 9.24. The van der Waals surface area contributed by atoms with Crippen LogP contribution in [0.1, 0.15) is 57.2 Å². The van der Waals surface area contributed by atoms with Gasteiger partial charge in [-0.25, -0.2) is 0 Å². The van der Waals surface area contributed by atoms with Gasteiger partial charge in [-0.1, -0.05) is 34.6 Å². The second-order valence-electron chi connectivity index (χ2n) is 6.78. The highest BCUT2D eigenvalue weighted by atomic mass is 16.3. The molecule has 114 valence electrons. The maximum atomic E-state index is 12.2. The van der Waals surface area contributed by atoms with Gasteiger partial charge in [0, 0.05) is 18.3 Å². The third kappa shape index (κ3) is 4.96. The Labute approximate surface area is 121 Å². The molecular formula is C15H27N3O2. The zero-order chi connectivity index (χ0) is 15.3. The summed E-state index contributed by atoms with van der Waals surface area (Å²) in [6, 6.07) is 1.72. The van der Waals surface area contributed by atoms with Crippen LogP contribution in [0.25, 0.3) is 0 Å². The minimum Gasteiger partial charge on any atom is -0.396 e. The summed E-state index contributed by atoms with van der Waals surface area (Å²) in [6.07, 6.45) is 1.41. The van der Waals surface area contributed by atoms with Gasteiger partial charge in [-0.15, -0.1) is 0 Å². The third-order valence-corrected chi connectivity index (χ3v) is 3.26. The fraction of sp³-hybridized carbons (Fsp3) is 0.733. The summed E-state index contributed by atoms with van der Waals surface area (Å²) in [5, 5.41) is 19.0. The van der Waals surface area contributed by atoms with E-state index in [0.717, 1.165) is 12.1 Å². The minimum absolute atomic E-state index is 0.0569. The Hall–Kier alpha value is -1.36. The topological polar surface area (TPSA) is 78.0 Å². The molecule has 20 heavy (non-hydrogen) atoms. The van der Waals surface area contributed by atoms with Gasteiger partial charge in [-0.2, -0.15) is 5.10 Å². The molecule has 0 aliphatic carbocycles. The second kappa shape index (κ2) is 6.88. The molecule has 5 heteroatoms. The van der Waals surface area contributed by atoms with Crippen LogP contribution < -0.4 is 5.32 Å². The molecule has 0 saturated heterocycles. The van der Waals surface area contributed by atoms with Crippen molar-refractivity contribution in [2.75, 3.05) is 6.61 Å². The van der Waals surface area contributed by atoms with Crippen molar-refractivity contribution in [3.8, 4) is 0 Å². The van der Waals surface area contributed by atoms with E-state index < -0.39 is 0 Å². The summed E-state index contributed by atoms with van der Waals surface area (Å²) in [7, 11) is 0. The average Bonchev–Trinajstić information content (AvgIpc) is 2.74. The molecular weight excluding hydrogens is 254 g/mol. The number of rotatable bonds is 6. The van der Waals surface area contributed by atoms with Crippen LogP contribution in [0.4, 0.5) is 0 Å². The Morgan fingerprint density at radius 2 is 2.10 bits per heavy atom. The van der Waals surface area contributed by atoms with Crippen molar-refractivity contribution in [3.05, 3.63) is 17.5 Å². The maximum absolute atomic E-state index is 12.2. The van der Waals surface area contributed by atoms with Gasteiger partial charge in [-0.3, -0.25) is 9.89 Å². The van der Waals surface area contributed by atoms with Gasteiger partial charge in [0.05, 0.1) is 0 Å². The molecule has 1 aromatic rings. The standard InChI is InChI=1S/C15H27N3O2/c1-10(2)8-11-9-12(18-17-11)14(20)16-13(6-7-19)15(3,4)5/h9-10,13,19H,6-8H2,1-5H3,(H,16,20)(H,17,18). The predicted octanol–water partition coefficient (Wildman–Crippen LogP) is 2.14. The summed E-state index contributed by atoms with van der Waals surface area (Å²) < 4.78 is 0. The van der Waals surface area contributed by atoms with E-state index in [1.54, 1.807) is 6.07 Å². The summed E-state index contributed by atoms with van der Waals surface area (Å²) in [5.74, 6) is 0.327. The first kappa shape index (κ1) is 16.7. The van der Waals surface area contributed by atoms with Gasteiger partial charge < -0.3 is 10.4 Å². The van der Waals surface area contributed by atoms with Crippen LogP contribution in [0.2, 0.25) is 0 Å². The SMILES string of the molecule is CC(C)Cc1cc(C(=O)NC(CCO)C(C)(C)C)n[nH]1. The number of aliphatic hydroxyl groups excluding tert-OH is 1. The third-order valence-electron chi connectivity index (χ3n) is 3.26. The molecule has 0 fully saturated rings. The van der Waals surface area contributed by atoms with Crippen LogP contribution in [-0.4, -0.2) is 33.9 Å². The number of nitrogens with one attached hydrogen (secondary N) is 2. The summed E-state index contributed by atoms with van der Waals surface area (Å²) in [6.45, 7) is 10.4. The van der Waals surface area contributed by atoms with E-state index in [2.05, 4.69) is 29.4 Å². The van der Waals surface area contributed by atoms with E-state index in [1.165, 1.54) is 0 Å². The van der Waals surface area contributed by atoms with Crippen molar-refractivity contribution >= 4 is 5.91 Å². The normalized spacial score (nSPS) is 13.6. The molecule has 1 atom stereocenters. The number of hydrogen-bond donors (Lipinski definition) is 3. The molecule has 5 nitrogen and oxygen atoms in total. The monoisotopic (exact) mass is 281 g/mol. The Morgan fingerprint density at radius 3 is 2.60 bits per heavy atom. The maximum Gasteiger partial charge on any atom is 0.272 e. The molecule has 0 spiro atoms. The molecule has 0 radical (unpaired) electrons. The Balaban J connectivity index is 2.71. The zero-order valence-corrected chi connectivity index (χ0v) is 13.2. The highest BCUT2D eigenvalue weighted by molar-refractivity contribution is 5.92. The van der Waals surface area contributed by atoms with Crippen molar-refractivity contribution < 1.29 is 9.90 Å². The van der Waals surface area contributed by atoms with Gasteiger partial charge in [0.25, 0.3) is 5.91 Å². The zero-order valence-electron chi connectivity index (χ0n) is 13.2. The van der Waals surface area contributed by atoms with E-state index in [-0.39, 0.29) is 24.0 Å². The molecule has 3 N–H and O–H groups in total. The summed E-state index contributed by atoms with van der Waals surface area (Å²) in [5.41, 5.74) is 1.28. The van der Waals surface area contributed by atoms with E-state index in [9.17, 15) is 4.79 Å². The number of amides is 1. The number of hydrogen-bond acceptors (Lipinski definition) is 3. The molecule has 0 aliphatic rings. The fourth-order valence-corrected chi connectivity index (χ4v) is 2.11. The van der Waals surface area contributed by atoms with Crippen molar-refractivity contribution in [1.29, 1.82) is 0 Å². The minimum atomic E-state index is -0.190. The fourth-order valence-electron chi connectivity index (χ4n) is 2.11. The lowest BCUT2D eigenvalue weighted by Gasteiger charge is -2.30. The first-order valence-corrected chi connectivity index (χ1v) is 7.20. The molecule has 1 aromatic heterocycles. The smallest absolute Gasteiger partial charge is 0.272 e. The van der Waals surface area contributed by atoms with Crippen LogP contribution in [0, 0.1) is 11.3 Å². The number of aliphatic hydroxyl groups is 1. The van der Waals surface area contributed by atoms with E-state index >= 15 is 0 Å². The number of carbonyl (C=O) groups excluding carboxylic acids is 1. The van der Waals surface area contributed by atoms with Crippen LogP contribution in [0.3, 0.4) is 0 Å². The summed E-state index contributed by atoms with van der Waals surface area (Å²) >= 11 is 0. The molecule has 1 heterocycles. The Bertz CT molecular complexity index is 433. The van der Waals surface area contributed by atoms with E-state index in [1.807, 2.05) is 20.8 Å². The molecule has 0 saturated carbocycles. The number of aromatic nitrogens is 2. The molecule has 0 bridgehead atoms.